The summed E-state index contributed by atoms with van der Waals surface area (Å²) in [6.45, 7) is 0. The Bertz CT molecular complexity index is 1130. The molecular weight excluding hydrogens is 394 g/mol. The molecule has 0 radical (unpaired) electrons. The van der Waals surface area contributed by atoms with Gasteiger partial charge in [0.05, 0.1) is 29.8 Å². The topological polar surface area (TPSA) is 67.9 Å². The number of anilines is 1. The number of thiophene rings is 1. The van der Waals surface area contributed by atoms with Crippen LogP contribution in [0.1, 0.15) is 10.6 Å². The summed E-state index contributed by atoms with van der Waals surface area (Å²) in [7, 11) is 1.61. The van der Waals surface area contributed by atoms with Crippen LogP contribution in [0.25, 0.3) is 16.3 Å². The zero-order valence-electron chi connectivity index (χ0n) is 14.8. The van der Waals surface area contributed by atoms with Crippen LogP contribution in [-0.4, -0.2) is 24.2 Å². The van der Waals surface area contributed by atoms with Gasteiger partial charge in [0.2, 0.25) is 5.13 Å². The maximum atomic E-state index is 12.8. The van der Waals surface area contributed by atoms with E-state index < -0.39 is 0 Å². The summed E-state index contributed by atoms with van der Waals surface area (Å²) in [5.74, 6) is 0.974. The average molecular weight is 409 g/mol. The number of fused-ring (bicyclic) bond motifs is 1. The second-order valence-corrected chi connectivity index (χ2v) is 7.58. The van der Waals surface area contributed by atoms with Gasteiger partial charge in [0.1, 0.15) is 11.5 Å². The minimum absolute atomic E-state index is 0.303. The van der Waals surface area contributed by atoms with Crippen molar-refractivity contribution in [1.29, 1.82) is 0 Å². The van der Waals surface area contributed by atoms with Crippen molar-refractivity contribution in [3.05, 3.63) is 70.8 Å². The van der Waals surface area contributed by atoms with Gasteiger partial charge in [-0.1, -0.05) is 17.4 Å². The molecule has 4 aromatic rings. The van der Waals surface area contributed by atoms with E-state index in [4.69, 9.17) is 9.15 Å². The van der Waals surface area contributed by atoms with Crippen LogP contribution < -0.4 is 9.75 Å². The van der Waals surface area contributed by atoms with Crippen LogP contribution >= 0.6 is 22.7 Å². The highest BCUT2D eigenvalue weighted by atomic mass is 32.1. The molecule has 1 aromatic carbocycles. The van der Waals surface area contributed by atoms with Crippen LogP contribution in [0.4, 0.5) is 5.13 Å². The summed E-state index contributed by atoms with van der Waals surface area (Å²) in [4.78, 5) is 18.4. The fourth-order valence-electron chi connectivity index (χ4n) is 2.40. The van der Waals surface area contributed by atoms with E-state index in [0.29, 0.717) is 10.9 Å². The molecule has 0 saturated carbocycles. The Labute approximate surface area is 169 Å². The Balaban J connectivity index is 1.68. The third kappa shape index (κ3) is 4.03. The van der Waals surface area contributed by atoms with Crippen molar-refractivity contribution in [3.8, 4) is 5.75 Å². The van der Waals surface area contributed by atoms with Crippen LogP contribution in [0.2, 0.25) is 0 Å². The molecule has 140 valence electrons. The fourth-order valence-corrected chi connectivity index (χ4v) is 3.98. The Kier molecular flexibility index (Phi) is 5.31. The molecule has 0 aliphatic heterocycles. The zero-order valence-corrected chi connectivity index (χ0v) is 16.4. The molecular formula is C20H15N3O3S2. The molecule has 0 spiro atoms. The number of thiazole rings is 1. The fraction of sp³-hybridized carbons (Fsp3) is 0.0500. The molecule has 0 aliphatic carbocycles. The number of hydrogen-bond donors (Lipinski definition) is 0. The SMILES string of the molecule is COc1ccc2nc(N(/N=C/c3ccco3)C(=O)/C=C/c3cccs3)sc2c1. The summed E-state index contributed by atoms with van der Waals surface area (Å²) in [6.07, 6.45) is 6.29. The van der Waals surface area contributed by atoms with Gasteiger partial charge >= 0.3 is 0 Å². The van der Waals surface area contributed by atoms with Gasteiger partial charge in [-0.15, -0.1) is 11.3 Å². The largest absolute Gasteiger partial charge is 0.497 e. The number of rotatable bonds is 6. The normalized spacial score (nSPS) is 11.6. The molecule has 0 N–H and O–H groups in total. The van der Waals surface area contributed by atoms with Crippen molar-refractivity contribution in [2.45, 2.75) is 0 Å². The van der Waals surface area contributed by atoms with Crippen molar-refractivity contribution in [2.75, 3.05) is 12.1 Å². The Morgan fingerprint density at radius 2 is 2.21 bits per heavy atom. The van der Waals surface area contributed by atoms with E-state index in [2.05, 4.69) is 10.1 Å². The lowest BCUT2D eigenvalue weighted by Crippen LogP contribution is -2.23. The molecule has 8 heteroatoms. The van der Waals surface area contributed by atoms with Gasteiger partial charge in [0.15, 0.2) is 0 Å². The maximum Gasteiger partial charge on any atom is 0.273 e. The summed E-state index contributed by atoms with van der Waals surface area (Å²) >= 11 is 2.92. The number of furan rings is 1. The molecule has 4 rings (SSSR count). The first-order valence-corrected chi connectivity index (χ1v) is 10.0. The highest BCUT2D eigenvalue weighted by molar-refractivity contribution is 7.22. The van der Waals surface area contributed by atoms with E-state index in [0.717, 1.165) is 20.8 Å². The minimum atomic E-state index is -0.303. The van der Waals surface area contributed by atoms with Crippen molar-refractivity contribution >= 4 is 56.2 Å². The van der Waals surface area contributed by atoms with Crippen molar-refractivity contribution in [3.63, 3.8) is 0 Å². The number of nitrogens with zero attached hydrogens (tertiary/aromatic N) is 3. The predicted octanol–water partition coefficient (Wildman–Crippen LogP) is 5.04. The third-order valence-electron chi connectivity index (χ3n) is 3.75. The standard InChI is InChI=1S/C20H15N3O3S2/c1-25-14-6-8-17-18(12-14)28-20(22-17)23(21-13-15-4-2-10-26-15)19(24)9-7-16-5-3-11-27-16/h2-13H,1H3/b9-7+,21-13+. The highest BCUT2D eigenvalue weighted by Crippen LogP contribution is 2.32. The summed E-state index contributed by atoms with van der Waals surface area (Å²) in [6, 6.07) is 13.0. The molecule has 3 aromatic heterocycles. The molecule has 6 nitrogen and oxygen atoms in total. The molecule has 0 unspecified atom stereocenters. The highest BCUT2D eigenvalue weighted by Gasteiger charge is 2.17. The number of methoxy groups -OCH3 is 1. The lowest BCUT2D eigenvalue weighted by molar-refractivity contribution is -0.114. The first-order chi connectivity index (χ1) is 13.7. The van der Waals surface area contributed by atoms with E-state index in [1.54, 1.807) is 42.9 Å². The van der Waals surface area contributed by atoms with E-state index in [1.807, 2.05) is 35.7 Å². The van der Waals surface area contributed by atoms with E-state index >= 15 is 0 Å². The van der Waals surface area contributed by atoms with Gasteiger partial charge < -0.3 is 9.15 Å². The van der Waals surface area contributed by atoms with Crippen LogP contribution in [0.5, 0.6) is 5.75 Å². The molecule has 0 saturated heterocycles. The molecule has 0 aliphatic rings. The average Bonchev–Trinajstić information content (AvgIpc) is 3.47. The van der Waals surface area contributed by atoms with Gasteiger partial charge in [-0.05, 0) is 47.9 Å². The van der Waals surface area contributed by atoms with Crippen LogP contribution in [-0.2, 0) is 4.79 Å². The number of aromatic nitrogens is 1. The third-order valence-corrected chi connectivity index (χ3v) is 5.58. The molecule has 0 atom stereocenters. The maximum absolute atomic E-state index is 12.8. The predicted molar refractivity (Wildman–Crippen MR) is 113 cm³/mol. The monoisotopic (exact) mass is 409 g/mol. The van der Waals surface area contributed by atoms with Gasteiger partial charge in [0, 0.05) is 11.0 Å². The summed E-state index contributed by atoms with van der Waals surface area (Å²) in [5.41, 5.74) is 0.772. The second kappa shape index (κ2) is 8.20. The Morgan fingerprint density at radius 3 is 2.96 bits per heavy atom. The van der Waals surface area contributed by atoms with Crippen LogP contribution in [0.3, 0.4) is 0 Å². The van der Waals surface area contributed by atoms with Crippen molar-refractivity contribution in [1.82, 2.24) is 4.98 Å². The first-order valence-electron chi connectivity index (χ1n) is 8.31. The van der Waals surface area contributed by atoms with Gasteiger partial charge in [-0.25, -0.2) is 4.98 Å². The molecule has 0 fully saturated rings. The van der Waals surface area contributed by atoms with E-state index in [1.165, 1.54) is 28.6 Å². The van der Waals surface area contributed by atoms with Gasteiger partial charge in [-0.2, -0.15) is 10.1 Å². The second-order valence-electron chi connectivity index (χ2n) is 5.59. The van der Waals surface area contributed by atoms with Crippen LogP contribution in [0.15, 0.2) is 69.7 Å². The molecule has 1 amide bonds. The number of carbonyl (C=O) groups is 1. The van der Waals surface area contributed by atoms with Gasteiger partial charge in [-0.3, -0.25) is 4.79 Å². The Hall–Kier alpha value is -3.23. The smallest absolute Gasteiger partial charge is 0.273 e. The number of amides is 1. The molecule has 3 heterocycles. The first kappa shape index (κ1) is 18.1. The van der Waals surface area contributed by atoms with E-state index in [9.17, 15) is 4.79 Å². The van der Waals surface area contributed by atoms with E-state index in [-0.39, 0.29) is 5.91 Å². The quantitative estimate of drug-likeness (QED) is 0.254. The number of hydrazone groups is 1. The number of hydrogen-bond acceptors (Lipinski definition) is 7. The van der Waals surface area contributed by atoms with Crippen molar-refractivity contribution < 1.29 is 13.9 Å². The molecule has 28 heavy (non-hydrogen) atoms. The number of carbonyl (C=O) groups excluding carboxylic acids is 1. The number of ether oxygens (including phenoxy) is 1. The van der Waals surface area contributed by atoms with Crippen LogP contribution in [0, 0.1) is 0 Å². The van der Waals surface area contributed by atoms with Crippen molar-refractivity contribution in [2.24, 2.45) is 5.10 Å². The summed E-state index contributed by atoms with van der Waals surface area (Å²) < 4.78 is 11.4. The zero-order chi connectivity index (χ0) is 19.3. The number of benzene rings is 1. The lowest BCUT2D eigenvalue weighted by atomic mass is 10.3. The summed E-state index contributed by atoms with van der Waals surface area (Å²) in [5, 5.41) is 8.00. The Morgan fingerprint density at radius 1 is 1.29 bits per heavy atom. The lowest BCUT2D eigenvalue weighted by Gasteiger charge is -2.10. The minimum Gasteiger partial charge on any atom is -0.497 e. The molecule has 0 bridgehead atoms. The van der Waals surface area contributed by atoms with Gasteiger partial charge in [0.25, 0.3) is 5.91 Å².